The van der Waals surface area contributed by atoms with Crippen molar-refractivity contribution in [2.45, 2.75) is 32.7 Å². The van der Waals surface area contributed by atoms with Crippen LogP contribution in [0.3, 0.4) is 0 Å². The zero-order valence-corrected chi connectivity index (χ0v) is 10.9. The maximum absolute atomic E-state index is 5.29. The topological polar surface area (TPSA) is 46.5 Å². The van der Waals surface area contributed by atoms with Gasteiger partial charge in [-0.2, -0.15) is 5.10 Å². The fourth-order valence-electron chi connectivity index (χ4n) is 1.91. The van der Waals surface area contributed by atoms with Crippen LogP contribution < -0.4 is 0 Å². The van der Waals surface area contributed by atoms with Crippen molar-refractivity contribution in [2.24, 2.45) is 0 Å². The Balaban J connectivity index is 2.40. The van der Waals surface area contributed by atoms with Crippen LogP contribution in [-0.2, 0) is 6.42 Å². The monoisotopic (exact) mass is 248 g/mol. The maximum Gasteiger partial charge on any atom is 0.195 e. The van der Waals surface area contributed by atoms with Gasteiger partial charge in [0.05, 0.1) is 6.04 Å². The van der Waals surface area contributed by atoms with E-state index in [0.717, 1.165) is 24.2 Å². The first-order valence-corrected chi connectivity index (χ1v) is 6.20. The Labute approximate surface area is 106 Å². The molecule has 0 saturated heterocycles. The molecule has 1 unspecified atom stereocenters. The third-order valence-electron chi connectivity index (χ3n) is 2.81. The Kier molecular flexibility index (Phi) is 3.68. The van der Waals surface area contributed by atoms with E-state index < -0.39 is 0 Å². The molecule has 0 radical (unpaired) electrons. The number of rotatable bonds is 4. The zero-order valence-electron chi connectivity index (χ0n) is 10.1. The Morgan fingerprint density at radius 1 is 1.53 bits per heavy atom. The highest BCUT2D eigenvalue weighted by Crippen LogP contribution is 2.19. The van der Waals surface area contributed by atoms with Crippen LogP contribution in [0, 0.1) is 4.77 Å². The van der Waals surface area contributed by atoms with Gasteiger partial charge in [0, 0.05) is 18.8 Å². The van der Waals surface area contributed by atoms with Gasteiger partial charge in [0.1, 0.15) is 5.82 Å². The molecule has 0 spiro atoms. The molecule has 0 bridgehead atoms. The van der Waals surface area contributed by atoms with Crippen LogP contribution in [-0.4, -0.2) is 19.7 Å². The van der Waals surface area contributed by atoms with Crippen molar-refractivity contribution in [1.29, 1.82) is 0 Å². The molecule has 2 heterocycles. The summed E-state index contributed by atoms with van der Waals surface area (Å²) >= 11 is 5.29. The van der Waals surface area contributed by atoms with Gasteiger partial charge in [0.15, 0.2) is 4.77 Å². The summed E-state index contributed by atoms with van der Waals surface area (Å²) < 4.78 is 2.74. The fourth-order valence-corrected chi connectivity index (χ4v) is 2.22. The predicted molar refractivity (Wildman–Crippen MR) is 69.5 cm³/mol. The Morgan fingerprint density at radius 3 is 3.00 bits per heavy atom. The second-order valence-electron chi connectivity index (χ2n) is 4.03. The van der Waals surface area contributed by atoms with Gasteiger partial charge in [-0.3, -0.25) is 14.6 Å². The molecule has 1 N–H and O–H groups in total. The summed E-state index contributed by atoms with van der Waals surface area (Å²) in [6, 6.07) is 4.16. The zero-order chi connectivity index (χ0) is 12.3. The number of aromatic amines is 1. The maximum atomic E-state index is 5.29. The Bertz CT molecular complexity index is 529. The molecule has 0 aliphatic carbocycles. The van der Waals surface area contributed by atoms with Crippen molar-refractivity contribution in [3.63, 3.8) is 0 Å². The molecule has 0 aliphatic rings. The summed E-state index contributed by atoms with van der Waals surface area (Å²) in [4.78, 5) is 4.14. The molecule has 0 saturated carbocycles. The summed E-state index contributed by atoms with van der Waals surface area (Å²) in [6.45, 7) is 4.25. The van der Waals surface area contributed by atoms with E-state index in [2.05, 4.69) is 39.7 Å². The van der Waals surface area contributed by atoms with Crippen LogP contribution in [0.1, 0.15) is 37.7 Å². The highest BCUT2D eigenvalue weighted by Gasteiger charge is 2.13. The lowest BCUT2D eigenvalue weighted by Crippen LogP contribution is -2.11. The smallest absolute Gasteiger partial charge is 0.195 e. The summed E-state index contributed by atoms with van der Waals surface area (Å²) in [6.07, 6.45) is 5.63. The summed E-state index contributed by atoms with van der Waals surface area (Å²) in [5.41, 5.74) is 1.14. The lowest BCUT2D eigenvalue weighted by molar-refractivity contribution is 0.588. The van der Waals surface area contributed by atoms with Gasteiger partial charge < -0.3 is 0 Å². The standard InChI is InChI=1S/C12H16N4S/c1-3-5-11-14-15-12(17)16(11)9(2)10-6-4-7-13-8-10/h4,6-9H,3,5H2,1-2H3,(H,15,17). The average molecular weight is 248 g/mol. The quantitative estimate of drug-likeness (QED) is 0.846. The van der Waals surface area contributed by atoms with Gasteiger partial charge in [-0.05, 0) is 37.2 Å². The van der Waals surface area contributed by atoms with Crippen LogP contribution in [0.25, 0.3) is 0 Å². The molecular weight excluding hydrogens is 232 g/mol. The van der Waals surface area contributed by atoms with Crippen molar-refractivity contribution in [3.8, 4) is 0 Å². The first kappa shape index (κ1) is 12.0. The molecular formula is C12H16N4S. The molecule has 0 aliphatic heterocycles. The van der Waals surface area contributed by atoms with Crippen molar-refractivity contribution in [1.82, 2.24) is 19.7 Å². The predicted octanol–water partition coefficient (Wildman–Crippen LogP) is 2.90. The number of aryl methyl sites for hydroxylation is 1. The second kappa shape index (κ2) is 5.23. The molecule has 0 fully saturated rings. The van der Waals surface area contributed by atoms with Gasteiger partial charge in [-0.25, -0.2) is 0 Å². The van der Waals surface area contributed by atoms with E-state index >= 15 is 0 Å². The minimum absolute atomic E-state index is 0.163. The highest BCUT2D eigenvalue weighted by atomic mass is 32.1. The minimum Gasteiger partial charge on any atom is -0.297 e. The first-order chi connectivity index (χ1) is 8.24. The molecule has 2 rings (SSSR count). The minimum atomic E-state index is 0.163. The lowest BCUT2D eigenvalue weighted by atomic mass is 10.1. The number of hydrogen-bond acceptors (Lipinski definition) is 3. The van der Waals surface area contributed by atoms with Gasteiger partial charge in [0.2, 0.25) is 0 Å². The largest absolute Gasteiger partial charge is 0.297 e. The van der Waals surface area contributed by atoms with Crippen molar-refractivity contribution >= 4 is 12.2 Å². The number of nitrogens with one attached hydrogen (secondary N) is 1. The van der Waals surface area contributed by atoms with E-state index in [1.165, 1.54) is 0 Å². The van der Waals surface area contributed by atoms with E-state index in [1.807, 2.05) is 12.3 Å². The van der Waals surface area contributed by atoms with Crippen LogP contribution >= 0.6 is 12.2 Å². The molecule has 5 heteroatoms. The van der Waals surface area contributed by atoms with E-state index in [-0.39, 0.29) is 6.04 Å². The molecule has 4 nitrogen and oxygen atoms in total. The summed E-state index contributed by atoms with van der Waals surface area (Å²) in [7, 11) is 0. The highest BCUT2D eigenvalue weighted by molar-refractivity contribution is 7.71. The third kappa shape index (κ3) is 2.44. The van der Waals surface area contributed by atoms with Crippen LogP contribution in [0.4, 0.5) is 0 Å². The van der Waals surface area contributed by atoms with Crippen LogP contribution in [0.2, 0.25) is 0 Å². The normalized spacial score (nSPS) is 12.6. The number of aromatic nitrogens is 4. The van der Waals surface area contributed by atoms with E-state index in [9.17, 15) is 0 Å². The first-order valence-electron chi connectivity index (χ1n) is 5.79. The van der Waals surface area contributed by atoms with Gasteiger partial charge in [-0.15, -0.1) is 0 Å². The number of hydrogen-bond donors (Lipinski definition) is 1. The van der Waals surface area contributed by atoms with Gasteiger partial charge >= 0.3 is 0 Å². The molecule has 0 amide bonds. The van der Waals surface area contributed by atoms with Crippen molar-refractivity contribution in [3.05, 3.63) is 40.7 Å². The van der Waals surface area contributed by atoms with E-state index in [4.69, 9.17) is 12.2 Å². The Hall–Kier alpha value is -1.49. The number of nitrogens with zero attached hydrogens (tertiary/aromatic N) is 3. The molecule has 17 heavy (non-hydrogen) atoms. The fraction of sp³-hybridized carbons (Fsp3) is 0.417. The summed E-state index contributed by atoms with van der Waals surface area (Å²) in [5.74, 6) is 1.01. The van der Waals surface area contributed by atoms with Crippen molar-refractivity contribution in [2.75, 3.05) is 0 Å². The van der Waals surface area contributed by atoms with Crippen LogP contribution in [0.5, 0.6) is 0 Å². The molecule has 1 atom stereocenters. The second-order valence-corrected chi connectivity index (χ2v) is 4.41. The van der Waals surface area contributed by atoms with E-state index in [1.54, 1.807) is 6.20 Å². The lowest BCUT2D eigenvalue weighted by Gasteiger charge is -2.15. The molecule has 0 aromatic carbocycles. The van der Waals surface area contributed by atoms with Crippen LogP contribution in [0.15, 0.2) is 24.5 Å². The molecule has 90 valence electrons. The average Bonchev–Trinajstić information content (AvgIpc) is 2.71. The number of H-pyrrole nitrogens is 1. The SMILES string of the molecule is CCCc1n[nH]c(=S)n1C(C)c1cccnc1. The van der Waals surface area contributed by atoms with Gasteiger partial charge in [0.25, 0.3) is 0 Å². The van der Waals surface area contributed by atoms with Gasteiger partial charge in [-0.1, -0.05) is 13.0 Å². The third-order valence-corrected chi connectivity index (χ3v) is 3.09. The summed E-state index contributed by atoms with van der Waals surface area (Å²) in [5, 5.41) is 7.15. The van der Waals surface area contributed by atoms with Crippen molar-refractivity contribution < 1.29 is 0 Å². The Morgan fingerprint density at radius 2 is 2.35 bits per heavy atom. The number of pyridine rings is 1. The molecule has 2 aromatic rings. The van der Waals surface area contributed by atoms with E-state index in [0.29, 0.717) is 4.77 Å². The molecule has 2 aromatic heterocycles.